The molecule has 158 valence electrons. The molecule has 1 aromatic heterocycles. The molecule has 0 saturated carbocycles. The van der Waals surface area contributed by atoms with Crippen LogP contribution in [0.25, 0.3) is 17.0 Å². The molecule has 0 spiro atoms. The number of anilines is 1. The van der Waals surface area contributed by atoms with Crippen molar-refractivity contribution in [1.29, 1.82) is 0 Å². The minimum Gasteiger partial charge on any atom is -0.451 e. The van der Waals surface area contributed by atoms with Crippen molar-refractivity contribution in [1.82, 2.24) is 4.98 Å². The summed E-state index contributed by atoms with van der Waals surface area (Å²) in [5.41, 5.74) is 2.58. The standard InChI is InChI=1S/C25H24N2O4/c1-3-6-22(28)27-21-13-10-20(11-14-21)25(30)17(2)31-23(29)15-12-19-8-4-7-18-9-5-16-26-24(18)19/h4-5,7-17H,3,6H2,1-2H3,(H,27,28)/b15-12-/t17-/m0/s1. The monoisotopic (exact) mass is 416 g/mol. The van der Waals surface area contributed by atoms with Crippen LogP contribution in [-0.2, 0) is 14.3 Å². The molecule has 3 rings (SSSR count). The molecule has 0 aliphatic carbocycles. The van der Waals surface area contributed by atoms with E-state index >= 15 is 0 Å². The van der Waals surface area contributed by atoms with Crippen molar-refractivity contribution in [2.45, 2.75) is 32.8 Å². The molecule has 0 bridgehead atoms. The number of amides is 1. The van der Waals surface area contributed by atoms with E-state index < -0.39 is 12.1 Å². The summed E-state index contributed by atoms with van der Waals surface area (Å²) in [6, 6.07) is 16.0. The number of ether oxygens (including phenoxy) is 1. The zero-order valence-electron chi connectivity index (χ0n) is 17.5. The molecule has 1 N–H and O–H groups in total. The lowest BCUT2D eigenvalue weighted by Gasteiger charge is -2.11. The number of hydrogen-bond acceptors (Lipinski definition) is 5. The van der Waals surface area contributed by atoms with Crippen molar-refractivity contribution in [3.05, 3.63) is 78.0 Å². The summed E-state index contributed by atoms with van der Waals surface area (Å²) in [6.45, 7) is 3.46. The van der Waals surface area contributed by atoms with Gasteiger partial charge in [0.1, 0.15) is 0 Å². The lowest BCUT2D eigenvalue weighted by Crippen LogP contribution is -2.23. The number of rotatable bonds is 8. The predicted molar refractivity (Wildman–Crippen MR) is 121 cm³/mol. The van der Waals surface area contributed by atoms with Crippen molar-refractivity contribution in [2.24, 2.45) is 0 Å². The third-order valence-corrected chi connectivity index (χ3v) is 4.66. The summed E-state index contributed by atoms with van der Waals surface area (Å²) in [4.78, 5) is 40.8. The molecule has 2 aromatic carbocycles. The van der Waals surface area contributed by atoms with Gasteiger partial charge in [-0.15, -0.1) is 0 Å². The van der Waals surface area contributed by atoms with Gasteiger partial charge in [0.05, 0.1) is 5.52 Å². The number of hydrogen-bond donors (Lipinski definition) is 1. The second-order valence-electron chi connectivity index (χ2n) is 7.07. The molecule has 0 aliphatic rings. The van der Waals surface area contributed by atoms with Crippen LogP contribution in [0.3, 0.4) is 0 Å². The van der Waals surface area contributed by atoms with Crippen LogP contribution in [0, 0.1) is 0 Å². The van der Waals surface area contributed by atoms with E-state index in [9.17, 15) is 14.4 Å². The molecule has 6 heteroatoms. The van der Waals surface area contributed by atoms with Crippen LogP contribution >= 0.6 is 0 Å². The first kappa shape index (κ1) is 21.9. The third-order valence-electron chi connectivity index (χ3n) is 4.66. The van der Waals surface area contributed by atoms with Crippen molar-refractivity contribution < 1.29 is 19.1 Å². The van der Waals surface area contributed by atoms with Gasteiger partial charge in [0.15, 0.2) is 6.10 Å². The van der Waals surface area contributed by atoms with Crippen LogP contribution < -0.4 is 5.32 Å². The van der Waals surface area contributed by atoms with Gasteiger partial charge >= 0.3 is 5.97 Å². The van der Waals surface area contributed by atoms with Crippen LogP contribution in [-0.4, -0.2) is 28.7 Å². The lowest BCUT2D eigenvalue weighted by molar-refractivity contribution is -0.140. The van der Waals surface area contributed by atoms with E-state index in [1.165, 1.54) is 13.0 Å². The smallest absolute Gasteiger partial charge is 0.331 e. The van der Waals surface area contributed by atoms with Gasteiger partial charge in [-0.2, -0.15) is 0 Å². The Hall–Kier alpha value is -3.80. The Bertz CT molecular complexity index is 1110. The average molecular weight is 416 g/mol. The number of carbonyl (C=O) groups excluding carboxylic acids is 3. The number of carbonyl (C=O) groups is 3. The first-order chi connectivity index (χ1) is 15.0. The predicted octanol–water partition coefficient (Wildman–Crippen LogP) is 4.80. The van der Waals surface area contributed by atoms with Gasteiger partial charge in [-0.05, 0) is 49.8 Å². The summed E-state index contributed by atoms with van der Waals surface area (Å²) in [7, 11) is 0. The summed E-state index contributed by atoms with van der Waals surface area (Å²) >= 11 is 0. The molecule has 6 nitrogen and oxygen atoms in total. The maximum Gasteiger partial charge on any atom is 0.331 e. The van der Waals surface area contributed by atoms with E-state index in [1.807, 2.05) is 37.3 Å². The SMILES string of the molecule is CCCC(=O)Nc1ccc(C(=O)[C@H](C)OC(=O)/C=C\c2cccc3cccnc23)cc1. The maximum absolute atomic E-state index is 12.6. The highest BCUT2D eigenvalue weighted by molar-refractivity contribution is 6.02. The first-order valence-corrected chi connectivity index (χ1v) is 10.1. The highest BCUT2D eigenvalue weighted by atomic mass is 16.5. The quantitative estimate of drug-likeness (QED) is 0.324. The highest BCUT2D eigenvalue weighted by Crippen LogP contribution is 2.17. The van der Waals surface area contributed by atoms with Gasteiger partial charge in [-0.25, -0.2) is 4.79 Å². The minimum atomic E-state index is -0.941. The van der Waals surface area contributed by atoms with Crippen LogP contribution in [0.15, 0.2) is 66.9 Å². The molecule has 0 fully saturated rings. The van der Waals surface area contributed by atoms with Crippen LogP contribution in [0.4, 0.5) is 5.69 Å². The highest BCUT2D eigenvalue weighted by Gasteiger charge is 2.18. The number of pyridine rings is 1. The van der Waals surface area contributed by atoms with Crippen molar-refractivity contribution in [3.63, 3.8) is 0 Å². The molecular formula is C25H24N2O4. The van der Waals surface area contributed by atoms with Crippen molar-refractivity contribution in [3.8, 4) is 0 Å². The van der Waals surface area contributed by atoms with Crippen LogP contribution in [0.5, 0.6) is 0 Å². The largest absolute Gasteiger partial charge is 0.451 e. The summed E-state index contributed by atoms with van der Waals surface area (Å²) in [5, 5.41) is 3.73. The summed E-state index contributed by atoms with van der Waals surface area (Å²) < 4.78 is 5.26. The molecule has 1 atom stereocenters. The number of nitrogens with zero attached hydrogens (tertiary/aromatic N) is 1. The second-order valence-corrected chi connectivity index (χ2v) is 7.07. The van der Waals surface area contributed by atoms with E-state index in [4.69, 9.17) is 4.74 Å². The number of para-hydroxylation sites is 1. The van der Waals surface area contributed by atoms with E-state index in [2.05, 4.69) is 10.3 Å². The Kier molecular flexibility index (Phi) is 7.27. The number of aromatic nitrogens is 1. The number of nitrogens with one attached hydrogen (secondary N) is 1. The fraction of sp³-hybridized carbons (Fsp3) is 0.200. The molecule has 0 saturated heterocycles. The third kappa shape index (κ3) is 5.85. The van der Waals surface area contributed by atoms with Crippen molar-refractivity contribution >= 4 is 40.3 Å². The van der Waals surface area contributed by atoms with E-state index in [1.54, 1.807) is 36.5 Å². The van der Waals surface area contributed by atoms with Gasteiger partial charge < -0.3 is 10.1 Å². The number of esters is 1. The Morgan fingerprint density at radius 1 is 1.06 bits per heavy atom. The van der Waals surface area contributed by atoms with Crippen molar-refractivity contribution in [2.75, 3.05) is 5.32 Å². The molecule has 31 heavy (non-hydrogen) atoms. The summed E-state index contributed by atoms with van der Waals surface area (Å²) in [5.74, 6) is -1.01. The fourth-order valence-electron chi connectivity index (χ4n) is 3.09. The zero-order chi connectivity index (χ0) is 22.2. The van der Waals surface area contributed by atoms with E-state index in [0.717, 1.165) is 22.9 Å². The van der Waals surface area contributed by atoms with Gasteiger partial charge in [-0.1, -0.05) is 31.2 Å². The van der Waals surface area contributed by atoms with Crippen LogP contribution in [0.1, 0.15) is 42.6 Å². The van der Waals surface area contributed by atoms with E-state index in [0.29, 0.717) is 17.7 Å². The molecule has 1 amide bonds. The first-order valence-electron chi connectivity index (χ1n) is 10.1. The number of ketones is 1. The average Bonchev–Trinajstić information content (AvgIpc) is 2.77. The molecule has 0 aliphatic heterocycles. The molecule has 0 unspecified atom stereocenters. The second kappa shape index (κ2) is 10.3. The molecule has 3 aromatic rings. The summed E-state index contributed by atoms with van der Waals surface area (Å²) in [6.07, 6.45) is 4.87. The maximum atomic E-state index is 12.6. The molecule has 1 heterocycles. The van der Waals surface area contributed by atoms with Gasteiger partial charge in [0.2, 0.25) is 11.7 Å². The molecular weight excluding hydrogens is 392 g/mol. The molecule has 0 radical (unpaired) electrons. The Labute approximate surface area is 180 Å². The zero-order valence-corrected chi connectivity index (χ0v) is 17.5. The van der Waals surface area contributed by atoms with Gasteiger partial charge in [0.25, 0.3) is 0 Å². The lowest BCUT2D eigenvalue weighted by atomic mass is 10.1. The normalized spacial score (nSPS) is 11.9. The minimum absolute atomic E-state index is 0.0722. The number of fused-ring (bicyclic) bond motifs is 1. The number of benzene rings is 2. The Balaban J connectivity index is 1.60. The topological polar surface area (TPSA) is 85.4 Å². The fourth-order valence-corrected chi connectivity index (χ4v) is 3.09. The van der Waals surface area contributed by atoms with Gasteiger partial charge in [0, 0.05) is 40.9 Å². The Morgan fingerprint density at radius 3 is 2.55 bits per heavy atom. The van der Waals surface area contributed by atoms with Crippen LogP contribution in [0.2, 0.25) is 0 Å². The van der Waals surface area contributed by atoms with E-state index in [-0.39, 0.29) is 11.7 Å². The Morgan fingerprint density at radius 2 is 1.81 bits per heavy atom. The van der Waals surface area contributed by atoms with Gasteiger partial charge in [-0.3, -0.25) is 14.6 Å². The number of Topliss-reactive ketones (excluding diaryl/α,β-unsaturated/α-hetero) is 1.